The second-order valence-electron chi connectivity index (χ2n) is 5.47. The van der Waals surface area contributed by atoms with Crippen molar-refractivity contribution in [3.8, 4) is 5.75 Å². The highest BCUT2D eigenvalue weighted by atomic mass is 79.9. The summed E-state index contributed by atoms with van der Waals surface area (Å²) in [6.45, 7) is 2.66. The monoisotopic (exact) mass is 495 g/mol. The van der Waals surface area contributed by atoms with E-state index in [9.17, 15) is 9.59 Å². The van der Waals surface area contributed by atoms with Gasteiger partial charge in [-0.3, -0.25) is 14.5 Å². The van der Waals surface area contributed by atoms with Crippen LogP contribution >= 0.6 is 43.6 Å². The van der Waals surface area contributed by atoms with Crippen LogP contribution in [0, 0.1) is 0 Å². The Kier molecular flexibility index (Phi) is 6.21. The maximum absolute atomic E-state index is 12.7. The lowest BCUT2D eigenvalue weighted by molar-refractivity contribution is -0.123. The molecular formula is C19H15Br2NO3S. The predicted octanol–water partition coefficient (Wildman–Crippen LogP) is 5.85. The SMILES string of the molecule is CCOc1ccc(Br)cc1/C=C1\SC(=O)N(Cc2ccccc2Br)C1=O. The summed E-state index contributed by atoms with van der Waals surface area (Å²) in [5.41, 5.74) is 1.64. The lowest BCUT2D eigenvalue weighted by Gasteiger charge is -2.13. The van der Waals surface area contributed by atoms with Gasteiger partial charge in [-0.25, -0.2) is 0 Å². The molecule has 26 heavy (non-hydrogen) atoms. The smallest absolute Gasteiger partial charge is 0.293 e. The fourth-order valence-electron chi connectivity index (χ4n) is 2.49. The van der Waals surface area contributed by atoms with E-state index < -0.39 is 0 Å². The molecule has 0 aromatic heterocycles. The largest absolute Gasteiger partial charge is 0.493 e. The number of benzene rings is 2. The number of imide groups is 1. The van der Waals surface area contributed by atoms with Crippen LogP contribution in [0.5, 0.6) is 5.75 Å². The molecule has 0 aliphatic carbocycles. The first-order valence-corrected chi connectivity index (χ1v) is 10.3. The first kappa shape index (κ1) is 19.2. The lowest BCUT2D eigenvalue weighted by Crippen LogP contribution is -2.27. The van der Waals surface area contributed by atoms with Gasteiger partial charge < -0.3 is 4.74 Å². The molecule has 0 atom stereocenters. The van der Waals surface area contributed by atoms with Gasteiger partial charge in [0.05, 0.1) is 18.1 Å². The van der Waals surface area contributed by atoms with Gasteiger partial charge in [-0.15, -0.1) is 0 Å². The first-order chi connectivity index (χ1) is 12.5. The molecule has 0 spiro atoms. The Bertz CT molecular complexity index is 898. The van der Waals surface area contributed by atoms with Crippen LogP contribution in [-0.2, 0) is 11.3 Å². The number of nitrogens with zero attached hydrogens (tertiary/aromatic N) is 1. The second kappa shape index (κ2) is 8.41. The van der Waals surface area contributed by atoms with Gasteiger partial charge in [0.25, 0.3) is 11.1 Å². The number of amides is 2. The van der Waals surface area contributed by atoms with Crippen molar-refractivity contribution in [3.63, 3.8) is 0 Å². The molecule has 0 radical (unpaired) electrons. The van der Waals surface area contributed by atoms with E-state index in [0.717, 1.165) is 31.8 Å². The standard InChI is InChI=1S/C19H15Br2NO3S/c1-2-25-16-8-7-14(20)9-13(16)10-17-18(23)22(19(24)26-17)11-12-5-3-4-6-15(12)21/h3-10H,2,11H2,1H3/b17-10-. The van der Waals surface area contributed by atoms with Crippen LogP contribution in [0.25, 0.3) is 6.08 Å². The second-order valence-corrected chi connectivity index (χ2v) is 8.24. The number of rotatable bonds is 5. The molecule has 134 valence electrons. The van der Waals surface area contributed by atoms with Gasteiger partial charge in [-0.1, -0.05) is 50.1 Å². The van der Waals surface area contributed by atoms with Crippen LogP contribution in [0.2, 0.25) is 0 Å². The molecule has 1 aliphatic rings. The van der Waals surface area contributed by atoms with Crippen molar-refractivity contribution in [2.75, 3.05) is 6.61 Å². The summed E-state index contributed by atoms with van der Waals surface area (Å²) in [6, 6.07) is 13.1. The highest BCUT2D eigenvalue weighted by Gasteiger charge is 2.35. The summed E-state index contributed by atoms with van der Waals surface area (Å²) < 4.78 is 7.36. The van der Waals surface area contributed by atoms with Crippen molar-refractivity contribution in [2.45, 2.75) is 13.5 Å². The Morgan fingerprint density at radius 1 is 1.15 bits per heavy atom. The highest BCUT2D eigenvalue weighted by Crippen LogP contribution is 2.36. The summed E-state index contributed by atoms with van der Waals surface area (Å²) >= 11 is 7.83. The van der Waals surface area contributed by atoms with E-state index in [0.29, 0.717) is 17.3 Å². The van der Waals surface area contributed by atoms with Gasteiger partial charge in [0.2, 0.25) is 0 Å². The molecule has 1 fully saturated rings. The molecule has 2 aromatic carbocycles. The number of carbonyl (C=O) groups is 2. The molecule has 7 heteroatoms. The fourth-order valence-corrected chi connectivity index (χ4v) is 4.11. The van der Waals surface area contributed by atoms with Crippen LogP contribution in [0.15, 0.2) is 56.3 Å². The van der Waals surface area contributed by atoms with Crippen LogP contribution in [0.4, 0.5) is 4.79 Å². The maximum Gasteiger partial charge on any atom is 0.293 e. The molecule has 2 amide bonds. The minimum Gasteiger partial charge on any atom is -0.493 e. The van der Waals surface area contributed by atoms with Crippen LogP contribution in [0.1, 0.15) is 18.1 Å². The number of hydrogen-bond donors (Lipinski definition) is 0. The molecule has 2 aromatic rings. The van der Waals surface area contributed by atoms with Crippen molar-refractivity contribution >= 4 is 60.8 Å². The quantitative estimate of drug-likeness (QED) is 0.487. The van der Waals surface area contributed by atoms with E-state index in [4.69, 9.17) is 4.74 Å². The molecule has 0 unspecified atom stereocenters. The maximum atomic E-state index is 12.7. The normalized spacial score (nSPS) is 15.8. The van der Waals surface area contributed by atoms with Gasteiger partial charge in [0, 0.05) is 14.5 Å². The summed E-state index contributed by atoms with van der Waals surface area (Å²) in [7, 11) is 0. The molecule has 1 heterocycles. The average molecular weight is 497 g/mol. The summed E-state index contributed by atoms with van der Waals surface area (Å²) in [5.74, 6) is 0.381. The Balaban J connectivity index is 1.88. The van der Waals surface area contributed by atoms with E-state index in [1.165, 1.54) is 4.90 Å². The minimum absolute atomic E-state index is 0.236. The molecule has 0 N–H and O–H groups in total. The van der Waals surface area contributed by atoms with Crippen LogP contribution in [0.3, 0.4) is 0 Å². The molecule has 1 saturated heterocycles. The topological polar surface area (TPSA) is 46.6 Å². The fraction of sp³-hybridized carbons (Fsp3) is 0.158. The van der Waals surface area contributed by atoms with E-state index in [2.05, 4.69) is 31.9 Å². The Morgan fingerprint density at radius 3 is 2.65 bits per heavy atom. The third kappa shape index (κ3) is 4.22. The zero-order valence-electron chi connectivity index (χ0n) is 13.9. The minimum atomic E-state index is -0.293. The highest BCUT2D eigenvalue weighted by molar-refractivity contribution is 9.10. The van der Waals surface area contributed by atoms with Crippen LogP contribution in [-0.4, -0.2) is 22.7 Å². The number of thioether (sulfide) groups is 1. The summed E-state index contributed by atoms with van der Waals surface area (Å²) in [6.07, 6.45) is 1.71. The van der Waals surface area contributed by atoms with E-state index >= 15 is 0 Å². The molecule has 3 rings (SSSR count). The van der Waals surface area contributed by atoms with Crippen molar-refractivity contribution in [1.29, 1.82) is 0 Å². The first-order valence-electron chi connectivity index (χ1n) is 7.90. The van der Waals surface area contributed by atoms with Gasteiger partial charge in [0.1, 0.15) is 5.75 Å². The Morgan fingerprint density at radius 2 is 1.92 bits per heavy atom. The van der Waals surface area contributed by atoms with Gasteiger partial charge in [-0.05, 0) is 54.6 Å². The van der Waals surface area contributed by atoms with E-state index in [-0.39, 0.29) is 17.7 Å². The van der Waals surface area contributed by atoms with Crippen molar-refractivity contribution in [2.24, 2.45) is 0 Å². The number of carbonyl (C=O) groups excluding carboxylic acids is 2. The Labute approximate surface area is 172 Å². The molecule has 0 bridgehead atoms. The molecule has 1 aliphatic heterocycles. The van der Waals surface area contributed by atoms with Crippen LogP contribution < -0.4 is 4.74 Å². The van der Waals surface area contributed by atoms with Crippen molar-refractivity contribution in [3.05, 3.63) is 67.4 Å². The number of halogens is 2. The number of ether oxygens (including phenoxy) is 1. The predicted molar refractivity (Wildman–Crippen MR) is 111 cm³/mol. The number of hydrogen-bond acceptors (Lipinski definition) is 4. The van der Waals surface area contributed by atoms with Gasteiger partial charge in [-0.2, -0.15) is 0 Å². The van der Waals surface area contributed by atoms with Crippen molar-refractivity contribution < 1.29 is 14.3 Å². The van der Waals surface area contributed by atoms with Gasteiger partial charge in [0.15, 0.2) is 0 Å². The summed E-state index contributed by atoms with van der Waals surface area (Å²) in [4.78, 5) is 26.7. The Hall–Kier alpha value is -1.57. The lowest BCUT2D eigenvalue weighted by atomic mass is 10.1. The zero-order valence-corrected chi connectivity index (χ0v) is 17.9. The summed E-state index contributed by atoms with van der Waals surface area (Å²) in [5, 5.41) is -0.273. The van der Waals surface area contributed by atoms with Crippen molar-refractivity contribution in [1.82, 2.24) is 4.90 Å². The third-order valence-electron chi connectivity index (χ3n) is 3.72. The molecular weight excluding hydrogens is 482 g/mol. The molecule has 4 nitrogen and oxygen atoms in total. The average Bonchev–Trinajstić information content (AvgIpc) is 2.87. The van der Waals surface area contributed by atoms with E-state index in [1.807, 2.05) is 49.4 Å². The third-order valence-corrected chi connectivity index (χ3v) is 5.89. The van der Waals surface area contributed by atoms with E-state index in [1.54, 1.807) is 6.08 Å². The zero-order chi connectivity index (χ0) is 18.7. The van der Waals surface area contributed by atoms with Gasteiger partial charge >= 0.3 is 0 Å². The molecule has 0 saturated carbocycles.